The fourth-order valence-electron chi connectivity index (χ4n) is 1.56. The van der Waals surface area contributed by atoms with Crippen LogP contribution >= 0.6 is 0 Å². The van der Waals surface area contributed by atoms with E-state index in [0.717, 1.165) is 18.5 Å². The number of aryl methyl sites for hydroxylation is 3. The van der Waals surface area contributed by atoms with E-state index in [1.807, 2.05) is 4.68 Å². The molecule has 0 spiro atoms. The number of hydrogen-bond donors (Lipinski definition) is 1. The summed E-state index contributed by atoms with van der Waals surface area (Å²) in [6.07, 6.45) is 2.53. The minimum Gasteiger partial charge on any atom is -0.314 e. The van der Waals surface area contributed by atoms with Crippen molar-refractivity contribution in [2.45, 2.75) is 52.1 Å². The molecule has 2 N–H and O–H groups in total. The first-order chi connectivity index (χ1) is 7.52. The third-order valence-electron chi connectivity index (χ3n) is 2.74. The van der Waals surface area contributed by atoms with Gasteiger partial charge in [-0.1, -0.05) is 13.8 Å². The monoisotopic (exact) mass is 220 g/mol. The summed E-state index contributed by atoms with van der Waals surface area (Å²) < 4.78 is 1.97. The molecule has 1 heterocycles. The quantitative estimate of drug-likeness (QED) is 0.820. The van der Waals surface area contributed by atoms with Crippen molar-refractivity contribution in [3.05, 3.63) is 17.5 Å². The maximum atomic E-state index is 8.85. The Bertz CT molecular complexity index is 384. The molecule has 88 valence electrons. The van der Waals surface area contributed by atoms with Crippen LogP contribution in [0.15, 0.2) is 6.07 Å². The number of nitriles is 1. The summed E-state index contributed by atoms with van der Waals surface area (Å²) >= 11 is 0. The Morgan fingerprint density at radius 3 is 2.69 bits per heavy atom. The van der Waals surface area contributed by atoms with Gasteiger partial charge in [0.15, 0.2) is 0 Å². The van der Waals surface area contributed by atoms with Crippen LogP contribution in [-0.2, 0) is 19.4 Å². The molecule has 4 heteroatoms. The van der Waals surface area contributed by atoms with Crippen molar-refractivity contribution in [1.82, 2.24) is 9.78 Å². The first kappa shape index (κ1) is 12.7. The summed E-state index contributed by atoms with van der Waals surface area (Å²) in [7, 11) is 0. The van der Waals surface area contributed by atoms with E-state index in [4.69, 9.17) is 11.0 Å². The van der Waals surface area contributed by atoms with Crippen LogP contribution in [0.3, 0.4) is 0 Å². The summed E-state index contributed by atoms with van der Waals surface area (Å²) in [5.41, 5.74) is 7.35. The molecule has 0 fully saturated rings. The number of hydrogen-bond acceptors (Lipinski definition) is 3. The van der Waals surface area contributed by atoms with E-state index >= 15 is 0 Å². The van der Waals surface area contributed by atoms with Crippen molar-refractivity contribution in [3.63, 3.8) is 0 Å². The minimum absolute atomic E-state index is 0.626. The van der Waals surface area contributed by atoms with Crippen LogP contribution in [0, 0.1) is 11.3 Å². The molecule has 0 saturated heterocycles. The molecule has 0 radical (unpaired) electrons. The summed E-state index contributed by atoms with van der Waals surface area (Å²) in [5, 5.41) is 13.3. The van der Waals surface area contributed by atoms with Gasteiger partial charge in [-0.2, -0.15) is 10.4 Å². The largest absolute Gasteiger partial charge is 0.314 e. The highest BCUT2D eigenvalue weighted by molar-refractivity contribution is 5.10. The second kappa shape index (κ2) is 5.13. The predicted octanol–water partition coefficient (Wildman–Crippen LogP) is 1.64. The molecule has 0 aliphatic rings. The maximum absolute atomic E-state index is 8.85. The lowest BCUT2D eigenvalue weighted by Crippen LogP contribution is -2.35. The highest BCUT2D eigenvalue weighted by atomic mass is 15.3. The maximum Gasteiger partial charge on any atom is 0.103 e. The smallest absolute Gasteiger partial charge is 0.103 e. The third-order valence-corrected chi connectivity index (χ3v) is 2.74. The van der Waals surface area contributed by atoms with Gasteiger partial charge >= 0.3 is 0 Å². The van der Waals surface area contributed by atoms with Gasteiger partial charge in [-0.15, -0.1) is 0 Å². The molecule has 4 nitrogen and oxygen atoms in total. The Morgan fingerprint density at radius 2 is 2.19 bits per heavy atom. The molecule has 0 bridgehead atoms. The SMILES string of the molecule is CCc1cc(CC)n(CCC(C)(N)C#N)n1. The fraction of sp³-hybridized carbons (Fsp3) is 0.667. The lowest BCUT2D eigenvalue weighted by molar-refractivity contribution is 0.456. The van der Waals surface area contributed by atoms with Crippen molar-refractivity contribution >= 4 is 0 Å². The van der Waals surface area contributed by atoms with Crippen LogP contribution in [0.5, 0.6) is 0 Å². The van der Waals surface area contributed by atoms with Crippen LogP contribution in [0.4, 0.5) is 0 Å². The van der Waals surface area contributed by atoms with Gasteiger partial charge in [0.25, 0.3) is 0 Å². The van der Waals surface area contributed by atoms with Gasteiger partial charge in [0.1, 0.15) is 5.54 Å². The summed E-state index contributed by atoms with van der Waals surface area (Å²) in [4.78, 5) is 0. The highest BCUT2D eigenvalue weighted by Crippen LogP contribution is 2.10. The Morgan fingerprint density at radius 1 is 1.50 bits per heavy atom. The summed E-state index contributed by atoms with van der Waals surface area (Å²) in [6.45, 7) is 6.67. The van der Waals surface area contributed by atoms with Crippen LogP contribution in [0.2, 0.25) is 0 Å². The molecule has 1 atom stereocenters. The minimum atomic E-state index is -0.761. The number of aromatic nitrogens is 2. The van der Waals surface area contributed by atoms with Gasteiger partial charge in [-0.05, 0) is 32.3 Å². The Hall–Kier alpha value is -1.34. The number of nitrogens with zero attached hydrogens (tertiary/aromatic N) is 3. The molecule has 1 unspecified atom stereocenters. The van der Waals surface area contributed by atoms with Crippen LogP contribution < -0.4 is 5.73 Å². The highest BCUT2D eigenvalue weighted by Gasteiger charge is 2.17. The number of rotatable bonds is 5. The average Bonchev–Trinajstić information content (AvgIpc) is 2.69. The predicted molar refractivity (Wildman–Crippen MR) is 63.8 cm³/mol. The van der Waals surface area contributed by atoms with E-state index in [0.29, 0.717) is 13.0 Å². The average molecular weight is 220 g/mol. The molecular formula is C12H20N4. The summed E-state index contributed by atoms with van der Waals surface area (Å²) in [6, 6.07) is 4.23. The second-order valence-corrected chi connectivity index (χ2v) is 4.34. The lowest BCUT2D eigenvalue weighted by Gasteiger charge is -2.15. The molecule has 0 aromatic carbocycles. The molecule has 1 rings (SSSR count). The van der Waals surface area contributed by atoms with E-state index in [2.05, 4.69) is 31.1 Å². The molecule has 0 aliphatic carbocycles. The van der Waals surface area contributed by atoms with Crippen LogP contribution in [0.25, 0.3) is 0 Å². The normalized spacial score (nSPS) is 14.4. The van der Waals surface area contributed by atoms with E-state index in [-0.39, 0.29) is 0 Å². The van der Waals surface area contributed by atoms with Gasteiger partial charge in [-0.25, -0.2) is 0 Å². The summed E-state index contributed by atoms with van der Waals surface area (Å²) in [5.74, 6) is 0. The second-order valence-electron chi connectivity index (χ2n) is 4.34. The first-order valence-electron chi connectivity index (χ1n) is 5.78. The lowest BCUT2D eigenvalue weighted by atomic mass is 10.0. The van der Waals surface area contributed by atoms with Crippen molar-refractivity contribution in [2.75, 3.05) is 0 Å². The fourth-order valence-corrected chi connectivity index (χ4v) is 1.56. The van der Waals surface area contributed by atoms with Crippen molar-refractivity contribution in [3.8, 4) is 6.07 Å². The van der Waals surface area contributed by atoms with Gasteiger partial charge in [0, 0.05) is 12.2 Å². The molecule has 1 aromatic rings. The van der Waals surface area contributed by atoms with E-state index in [9.17, 15) is 0 Å². The van der Waals surface area contributed by atoms with Gasteiger partial charge in [0.2, 0.25) is 0 Å². The molecular weight excluding hydrogens is 200 g/mol. The zero-order chi connectivity index (χ0) is 12.2. The van der Waals surface area contributed by atoms with Gasteiger partial charge < -0.3 is 5.73 Å². The van der Waals surface area contributed by atoms with E-state index < -0.39 is 5.54 Å². The molecule has 0 saturated carbocycles. The van der Waals surface area contributed by atoms with Crippen molar-refractivity contribution < 1.29 is 0 Å². The van der Waals surface area contributed by atoms with Crippen molar-refractivity contribution in [2.24, 2.45) is 5.73 Å². The van der Waals surface area contributed by atoms with Crippen LogP contribution in [0.1, 0.15) is 38.6 Å². The van der Waals surface area contributed by atoms with Gasteiger partial charge in [0.05, 0.1) is 11.8 Å². The standard InChI is InChI=1S/C12H20N4/c1-4-10-8-11(5-2)16(15-10)7-6-12(3,14)9-13/h8H,4-7,14H2,1-3H3. The Kier molecular flexibility index (Phi) is 4.08. The third kappa shape index (κ3) is 3.07. The topological polar surface area (TPSA) is 67.6 Å². The number of nitrogens with two attached hydrogens (primary N) is 1. The Labute approximate surface area is 97.1 Å². The van der Waals surface area contributed by atoms with E-state index in [1.165, 1.54) is 5.69 Å². The molecule has 1 aromatic heterocycles. The van der Waals surface area contributed by atoms with Crippen molar-refractivity contribution in [1.29, 1.82) is 5.26 Å². The van der Waals surface area contributed by atoms with Crippen LogP contribution in [-0.4, -0.2) is 15.3 Å². The Balaban J connectivity index is 2.74. The first-order valence-corrected chi connectivity index (χ1v) is 5.78. The molecule has 0 amide bonds. The zero-order valence-electron chi connectivity index (χ0n) is 10.3. The van der Waals surface area contributed by atoms with E-state index in [1.54, 1.807) is 6.92 Å². The molecule has 16 heavy (non-hydrogen) atoms. The zero-order valence-corrected chi connectivity index (χ0v) is 10.3. The molecule has 0 aliphatic heterocycles. The van der Waals surface area contributed by atoms with Gasteiger partial charge in [-0.3, -0.25) is 4.68 Å².